The summed E-state index contributed by atoms with van der Waals surface area (Å²) in [7, 11) is 1.65. The summed E-state index contributed by atoms with van der Waals surface area (Å²) in [6.45, 7) is 0. The van der Waals surface area contributed by atoms with E-state index in [1.807, 2.05) is 24.3 Å². The Morgan fingerprint density at radius 2 is 2.12 bits per heavy atom. The molecule has 0 fully saturated rings. The molecule has 16 heavy (non-hydrogen) atoms. The molecule has 0 aliphatic rings. The molecule has 0 unspecified atom stereocenters. The minimum absolute atomic E-state index is 0.570. The molecule has 0 saturated carbocycles. The molecule has 0 N–H and O–H groups in total. The van der Waals surface area contributed by atoms with Crippen molar-refractivity contribution in [3.05, 3.63) is 29.3 Å². The van der Waals surface area contributed by atoms with Crippen LogP contribution in [0, 0.1) is 0 Å². The first-order valence-corrected chi connectivity index (χ1v) is 6.22. The van der Waals surface area contributed by atoms with Gasteiger partial charge in [0, 0.05) is 12.3 Å². The van der Waals surface area contributed by atoms with E-state index < -0.39 is 0 Å². The van der Waals surface area contributed by atoms with Crippen molar-refractivity contribution < 1.29 is 4.74 Å². The Morgan fingerprint density at radius 1 is 1.31 bits per heavy atom. The Morgan fingerprint density at radius 3 is 2.88 bits per heavy atom. The highest BCUT2D eigenvalue weighted by Gasteiger charge is 2.10. The van der Waals surface area contributed by atoms with Crippen LogP contribution in [0.4, 0.5) is 0 Å². The molecule has 0 aliphatic heterocycles. The summed E-state index contributed by atoms with van der Waals surface area (Å²) in [5.74, 6) is 1.39. The predicted molar refractivity (Wildman–Crippen MR) is 66.3 cm³/mol. The largest absolute Gasteiger partial charge is 0.496 e. The standard InChI is InChI=1S/C11H11ClN2OS/c1-15-9-5-3-2-4-8(9)11-14-13-10(16-11)6-7-12/h2-5H,6-7H2,1H3. The molecule has 2 rings (SSSR count). The Hall–Kier alpha value is -1.13. The van der Waals surface area contributed by atoms with E-state index in [0.717, 1.165) is 27.7 Å². The molecule has 0 saturated heterocycles. The number of hydrogen-bond donors (Lipinski definition) is 0. The van der Waals surface area contributed by atoms with E-state index in [4.69, 9.17) is 16.3 Å². The van der Waals surface area contributed by atoms with Crippen molar-refractivity contribution in [2.75, 3.05) is 13.0 Å². The maximum atomic E-state index is 5.66. The molecule has 1 aromatic heterocycles. The van der Waals surface area contributed by atoms with Crippen LogP contribution in [0.5, 0.6) is 5.75 Å². The average molecular weight is 255 g/mol. The van der Waals surface area contributed by atoms with E-state index in [1.165, 1.54) is 0 Å². The number of para-hydroxylation sites is 1. The monoisotopic (exact) mass is 254 g/mol. The fourth-order valence-corrected chi connectivity index (χ4v) is 2.53. The minimum atomic E-state index is 0.570. The summed E-state index contributed by atoms with van der Waals surface area (Å²) >= 11 is 7.22. The molecule has 84 valence electrons. The van der Waals surface area contributed by atoms with Gasteiger partial charge in [-0.3, -0.25) is 0 Å². The molecule has 0 radical (unpaired) electrons. The van der Waals surface area contributed by atoms with Crippen molar-refractivity contribution in [3.63, 3.8) is 0 Å². The zero-order valence-corrected chi connectivity index (χ0v) is 10.4. The Labute approximate surface area is 103 Å². The Kier molecular flexibility index (Phi) is 3.74. The highest BCUT2D eigenvalue weighted by Crippen LogP contribution is 2.31. The van der Waals surface area contributed by atoms with E-state index in [1.54, 1.807) is 18.4 Å². The van der Waals surface area contributed by atoms with Crippen LogP contribution in [0.25, 0.3) is 10.6 Å². The highest BCUT2D eigenvalue weighted by atomic mass is 35.5. The fraction of sp³-hybridized carbons (Fsp3) is 0.273. The number of aromatic nitrogens is 2. The molecular formula is C11H11ClN2OS. The van der Waals surface area contributed by atoms with Crippen LogP contribution < -0.4 is 4.74 Å². The third-order valence-electron chi connectivity index (χ3n) is 2.11. The number of halogens is 1. The lowest BCUT2D eigenvalue weighted by atomic mass is 10.2. The van der Waals surface area contributed by atoms with Crippen LogP contribution in [-0.4, -0.2) is 23.2 Å². The van der Waals surface area contributed by atoms with Gasteiger partial charge in [0.25, 0.3) is 0 Å². The van der Waals surface area contributed by atoms with Crippen molar-refractivity contribution in [1.82, 2.24) is 10.2 Å². The molecule has 1 aromatic carbocycles. The summed E-state index contributed by atoms with van der Waals surface area (Å²) in [6, 6.07) is 7.78. The van der Waals surface area contributed by atoms with Crippen LogP contribution in [0.1, 0.15) is 5.01 Å². The molecule has 0 bridgehead atoms. The molecule has 2 aromatic rings. The second kappa shape index (κ2) is 5.27. The zero-order chi connectivity index (χ0) is 11.4. The Balaban J connectivity index is 2.34. The van der Waals surface area contributed by atoms with Gasteiger partial charge in [-0.1, -0.05) is 23.5 Å². The molecule has 0 atom stereocenters. The summed E-state index contributed by atoms with van der Waals surface area (Å²) in [4.78, 5) is 0. The number of nitrogens with zero attached hydrogens (tertiary/aromatic N) is 2. The van der Waals surface area contributed by atoms with Crippen LogP contribution in [0.3, 0.4) is 0 Å². The van der Waals surface area contributed by atoms with Crippen molar-refractivity contribution in [2.24, 2.45) is 0 Å². The molecule has 5 heteroatoms. The average Bonchev–Trinajstić information content (AvgIpc) is 2.78. The Bertz CT molecular complexity index is 473. The molecule has 3 nitrogen and oxygen atoms in total. The molecule has 1 heterocycles. The number of rotatable bonds is 4. The summed E-state index contributed by atoms with van der Waals surface area (Å²) in [5, 5.41) is 10.1. The zero-order valence-electron chi connectivity index (χ0n) is 8.81. The van der Waals surface area contributed by atoms with Gasteiger partial charge in [0.1, 0.15) is 10.8 Å². The van der Waals surface area contributed by atoms with Gasteiger partial charge >= 0.3 is 0 Å². The van der Waals surface area contributed by atoms with Crippen LogP contribution in [0.2, 0.25) is 0 Å². The van der Waals surface area contributed by atoms with Gasteiger partial charge in [0.15, 0.2) is 5.01 Å². The predicted octanol–water partition coefficient (Wildman–Crippen LogP) is 3.00. The van der Waals surface area contributed by atoms with E-state index in [-0.39, 0.29) is 0 Å². The first-order chi connectivity index (χ1) is 7.85. The number of ether oxygens (including phenoxy) is 1. The maximum absolute atomic E-state index is 5.66. The molecule has 0 aliphatic carbocycles. The van der Waals surface area contributed by atoms with Crippen LogP contribution in [0.15, 0.2) is 24.3 Å². The third-order valence-corrected chi connectivity index (χ3v) is 3.32. The van der Waals surface area contributed by atoms with Crippen molar-refractivity contribution in [2.45, 2.75) is 6.42 Å². The summed E-state index contributed by atoms with van der Waals surface area (Å²) < 4.78 is 5.28. The smallest absolute Gasteiger partial charge is 0.151 e. The summed E-state index contributed by atoms with van der Waals surface area (Å²) in [6.07, 6.45) is 0.758. The van der Waals surface area contributed by atoms with Crippen molar-refractivity contribution in [3.8, 4) is 16.3 Å². The third kappa shape index (κ3) is 2.33. The lowest BCUT2D eigenvalue weighted by Crippen LogP contribution is -1.86. The number of benzene rings is 1. The van der Waals surface area contributed by atoms with Gasteiger partial charge in [-0.2, -0.15) is 0 Å². The second-order valence-electron chi connectivity index (χ2n) is 3.14. The number of hydrogen-bond acceptors (Lipinski definition) is 4. The second-order valence-corrected chi connectivity index (χ2v) is 4.58. The number of methoxy groups -OCH3 is 1. The lowest BCUT2D eigenvalue weighted by molar-refractivity contribution is 0.416. The topological polar surface area (TPSA) is 35.0 Å². The quantitative estimate of drug-likeness (QED) is 0.787. The number of aryl methyl sites for hydroxylation is 1. The van der Waals surface area contributed by atoms with E-state index >= 15 is 0 Å². The van der Waals surface area contributed by atoms with Crippen molar-refractivity contribution >= 4 is 22.9 Å². The van der Waals surface area contributed by atoms with E-state index in [0.29, 0.717) is 5.88 Å². The highest BCUT2D eigenvalue weighted by molar-refractivity contribution is 7.14. The molecule has 0 amide bonds. The van der Waals surface area contributed by atoms with Gasteiger partial charge in [-0.05, 0) is 12.1 Å². The van der Waals surface area contributed by atoms with E-state index in [2.05, 4.69) is 10.2 Å². The van der Waals surface area contributed by atoms with Gasteiger partial charge in [-0.25, -0.2) is 0 Å². The maximum Gasteiger partial charge on any atom is 0.151 e. The van der Waals surface area contributed by atoms with Gasteiger partial charge in [0.2, 0.25) is 0 Å². The molecule has 0 spiro atoms. The van der Waals surface area contributed by atoms with Gasteiger partial charge in [0.05, 0.1) is 12.7 Å². The lowest BCUT2D eigenvalue weighted by Gasteiger charge is -2.03. The minimum Gasteiger partial charge on any atom is -0.496 e. The van der Waals surface area contributed by atoms with Gasteiger partial charge in [-0.15, -0.1) is 21.8 Å². The van der Waals surface area contributed by atoms with Gasteiger partial charge < -0.3 is 4.74 Å². The van der Waals surface area contributed by atoms with Crippen molar-refractivity contribution in [1.29, 1.82) is 0 Å². The van der Waals surface area contributed by atoms with Crippen LogP contribution >= 0.6 is 22.9 Å². The summed E-state index contributed by atoms with van der Waals surface area (Å²) in [5.41, 5.74) is 0.975. The van der Waals surface area contributed by atoms with E-state index in [9.17, 15) is 0 Å². The first-order valence-electron chi connectivity index (χ1n) is 4.87. The number of alkyl halides is 1. The SMILES string of the molecule is COc1ccccc1-c1nnc(CCCl)s1. The molecular weight excluding hydrogens is 244 g/mol. The van der Waals surface area contributed by atoms with Crippen LogP contribution in [-0.2, 0) is 6.42 Å². The normalized spacial score (nSPS) is 10.4. The fourth-order valence-electron chi connectivity index (χ4n) is 1.37. The first kappa shape index (κ1) is 11.4.